The van der Waals surface area contributed by atoms with Crippen LogP contribution in [0.5, 0.6) is 0 Å². The first-order valence-electron chi connectivity index (χ1n) is 5.96. The smallest absolute Gasteiger partial charge is 0.227 e. The molecule has 2 rings (SSSR count). The van der Waals surface area contributed by atoms with Gasteiger partial charge in [0.1, 0.15) is 0 Å². The topological polar surface area (TPSA) is 41.1 Å². The van der Waals surface area contributed by atoms with Gasteiger partial charge in [-0.3, -0.25) is 4.79 Å². The number of hydrogen-bond donors (Lipinski definition) is 2. The molecule has 3 heteroatoms. The van der Waals surface area contributed by atoms with Gasteiger partial charge in [0.25, 0.3) is 0 Å². The predicted molar refractivity (Wildman–Crippen MR) is 60.5 cm³/mol. The molecule has 0 bridgehead atoms. The van der Waals surface area contributed by atoms with E-state index in [2.05, 4.69) is 31.4 Å². The Morgan fingerprint density at radius 3 is 2.53 bits per heavy atom. The molecular weight excluding hydrogens is 188 g/mol. The van der Waals surface area contributed by atoms with E-state index in [-0.39, 0.29) is 11.3 Å². The van der Waals surface area contributed by atoms with Crippen LogP contribution in [-0.4, -0.2) is 25.0 Å². The van der Waals surface area contributed by atoms with Crippen molar-refractivity contribution < 1.29 is 4.79 Å². The van der Waals surface area contributed by atoms with Gasteiger partial charge in [0.15, 0.2) is 0 Å². The molecule has 1 aliphatic carbocycles. The molecule has 2 atom stereocenters. The van der Waals surface area contributed by atoms with Crippen LogP contribution >= 0.6 is 0 Å². The summed E-state index contributed by atoms with van der Waals surface area (Å²) in [5, 5.41) is 6.49. The Bertz CT molecular complexity index is 267. The Labute approximate surface area is 92.0 Å². The van der Waals surface area contributed by atoms with Gasteiger partial charge in [0.05, 0.1) is 5.41 Å². The first kappa shape index (κ1) is 10.9. The summed E-state index contributed by atoms with van der Waals surface area (Å²) in [7, 11) is 0. The maximum atomic E-state index is 12.1. The van der Waals surface area contributed by atoms with E-state index in [1.165, 1.54) is 0 Å². The molecule has 1 heterocycles. The van der Waals surface area contributed by atoms with Crippen molar-refractivity contribution in [2.75, 3.05) is 13.1 Å². The lowest BCUT2D eigenvalue weighted by Gasteiger charge is -2.32. The Kier molecular flexibility index (Phi) is 2.53. The summed E-state index contributed by atoms with van der Waals surface area (Å²) in [5.74, 6) is 0.241. The molecule has 0 aromatic carbocycles. The maximum absolute atomic E-state index is 12.1. The lowest BCUT2D eigenvalue weighted by atomic mass is 9.82. The minimum atomic E-state index is -0.184. The monoisotopic (exact) mass is 210 g/mol. The summed E-state index contributed by atoms with van der Waals surface area (Å²) in [4.78, 5) is 12.1. The van der Waals surface area contributed by atoms with Crippen LogP contribution < -0.4 is 10.6 Å². The van der Waals surface area contributed by atoms with E-state index in [4.69, 9.17) is 0 Å². The molecule has 0 aromatic rings. The molecule has 1 saturated heterocycles. The van der Waals surface area contributed by atoms with Crippen LogP contribution in [0.3, 0.4) is 0 Å². The van der Waals surface area contributed by atoms with Crippen LogP contribution in [0, 0.1) is 10.8 Å². The zero-order valence-electron chi connectivity index (χ0n) is 10.0. The largest absolute Gasteiger partial charge is 0.352 e. The number of amides is 1. The van der Waals surface area contributed by atoms with Gasteiger partial charge in [-0.2, -0.15) is 0 Å². The average molecular weight is 210 g/mol. The van der Waals surface area contributed by atoms with E-state index in [1.54, 1.807) is 0 Å². The fourth-order valence-corrected chi connectivity index (χ4v) is 2.30. The van der Waals surface area contributed by atoms with Crippen LogP contribution in [0.15, 0.2) is 0 Å². The number of nitrogens with one attached hydrogen (secondary N) is 2. The summed E-state index contributed by atoms with van der Waals surface area (Å²) in [6.07, 6.45) is 3.25. The van der Waals surface area contributed by atoms with Crippen molar-refractivity contribution in [1.29, 1.82) is 0 Å². The van der Waals surface area contributed by atoms with Gasteiger partial charge in [-0.05, 0) is 38.1 Å². The second-order valence-corrected chi connectivity index (χ2v) is 6.06. The van der Waals surface area contributed by atoms with Crippen LogP contribution in [0.2, 0.25) is 0 Å². The fraction of sp³-hybridized carbons (Fsp3) is 0.917. The van der Waals surface area contributed by atoms with Crippen molar-refractivity contribution in [3.63, 3.8) is 0 Å². The first-order chi connectivity index (χ1) is 6.94. The fourth-order valence-electron chi connectivity index (χ4n) is 2.30. The van der Waals surface area contributed by atoms with E-state index >= 15 is 0 Å². The molecule has 0 aromatic heterocycles. The molecule has 3 nitrogen and oxygen atoms in total. The lowest BCUT2D eigenvalue weighted by Crippen LogP contribution is -2.49. The third kappa shape index (κ3) is 2.17. The number of rotatable bonds is 2. The van der Waals surface area contributed by atoms with Gasteiger partial charge in [0.2, 0.25) is 5.91 Å². The predicted octanol–water partition coefficient (Wildman–Crippen LogP) is 1.29. The molecular formula is C12H22N2O. The second kappa shape index (κ2) is 3.48. The summed E-state index contributed by atoms with van der Waals surface area (Å²) in [6, 6.07) is 0.406. The van der Waals surface area contributed by atoms with Crippen LogP contribution in [0.1, 0.15) is 40.0 Å². The lowest BCUT2D eigenvalue weighted by molar-refractivity contribution is -0.131. The molecule has 0 spiro atoms. The van der Waals surface area contributed by atoms with Gasteiger partial charge in [-0.1, -0.05) is 13.8 Å². The van der Waals surface area contributed by atoms with Crippen molar-refractivity contribution in [1.82, 2.24) is 10.6 Å². The number of hydrogen-bond acceptors (Lipinski definition) is 2. The molecule has 1 aliphatic heterocycles. The van der Waals surface area contributed by atoms with Crippen LogP contribution in [0.4, 0.5) is 0 Å². The Morgan fingerprint density at radius 2 is 2.07 bits per heavy atom. The van der Waals surface area contributed by atoms with Gasteiger partial charge in [-0.15, -0.1) is 0 Å². The molecule has 15 heavy (non-hydrogen) atoms. The zero-order chi connectivity index (χ0) is 11.1. The third-order valence-corrected chi connectivity index (χ3v) is 3.96. The quantitative estimate of drug-likeness (QED) is 0.721. The molecule has 1 amide bonds. The van der Waals surface area contributed by atoms with Crippen molar-refractivity contribution in [3.8, 4) is 0 Å². The molecule has 0 radical (unpaired) electrons. The maximum Gasteiger partial charge on any atom is 0.227 e. The highest BCUT2D eigenvalue weighted by Gasteiger charge is 2.48. The third-order valence-electron chi connectivity index (χ3n) is 3.96. The van der Waals surface area contributed by atoms with Gasteiger partial charge in [0, 0.05) is 12.6 Å². The number of carbonyl (C=O) groups excluding carboxylic acids is 1. The minimum absolute atomic E-state index is 0.184. The Morgan fingerprint density at radius 1 is 1.40 bits per heavy atom. The van der Waals surface area contributed by atoms with E-state index in [0.29, 0.717) is 11.5 Å². The van der Waals surface area contributed by atoms with Crippen molar-refractivity contribution in [3.05, 3.63) is 0 Å². The average Bonchev–Trinajstić information content (AvgIpc) is 2.75. The van der Waals surface area contributed by atoms with E-state index in [0.717, 1.165) is 32.4 Å². The molecule has 2 unspecified atom stereocenters. The van der Waals surface area contributed by atoms with Crippen molar-refractivity contribution in [2.45, 2.75) is 46.1 Å². The highest BCUT2D eigenvalue weighted by atomic mass is 16.2. The molecule has 1 saturated carbocycles. The zero-order valence-corrected chi connectivity index (χ0v) is 10.0. The Hall–Kier alpha value is -0.570. The van der Waals surface area contributed by atoms with Gasteiger partial charge >= 0.3 is 0 Å². The normalized spacial score (nSPS) is 38.5. The first-order valence-corrected chi connectivity index (χ1v) is 5.96. The molecule has 86 valence electrons. The van der Waals surface area contributed by atoms with Gasteiger partial charge < -0.3 is 10.6 Å². The van der Waals surface area contributed by atoms with E-state index in [1.807, 2.05) is 0 Å². The van der Waals surface area contributed by atoms with E-state index in [9.17, 15) is 4.79 Å². The highest BCUT2D eigenvalue weighted by Crippen LogP contribution is 2.45. The molecule has 2 fully saturated rings. The highest BCUT2D eigenvalue weighted by molar-refractivity contribution is 5.83. The summed E-state index contributed by atoms with van der Waals surface area (Å²) in [5.41, 5.74) is 0.144. The standard InChI is InChI=1S/C12H22N2O/c1-11(2)7-9(11)14-10(15)12(3)5-4-6-13-8-12/h9,13H,4-8H2,1-3H3,(H,14,15). The van der Waals surface area contributed by atoms with Gasteiger partial charge in [-0.25, -0.2) is 0 Å². The second-order valence-electron chi connectivity index (χ2n) is 6.06. The molecule has 2 aliphatic rings. The summed E-state index contributed by atoms with van der Waals surface area (Å²) >= 11 is 0. The van der Waals surface area contributed by atoms with Crippen LogP contribution in [-0.2, 0) is 4.79 Å². The minimum Gasteiger partial charge on any atom is -0.352 e. The van der Waals surface area contributed by atoms with E-state index < -0.39 is 0 Å². The Balaban J connectivity index is 1.90. The van der Waals surface area contributed by atoms with Crippen molar-refractivity contribution in [2.24, 2.45) is 10.8 Å². The van der Waals surface area contributed by atoms with Crippen LogP contribution in [0.25, 0.3) is 0 Å². The molecule has 2 N–H and O–H groups in total. The summed E-state index contributed by atoms with van der Waals surface area (Å²) in [6.45, 7) is 8.37. The number of piperidine rings is 1. The number of carbonyl (C=O) groups is 1. The summed E-state index contributed by atoms with van der Waals surface area (Å²) < 4.78 is 0. The SMILES string of the molecule is CC1(C(=O)NC2CC2(C)C)CCCNC1. The van der Waals surface area contributed by atoms with Crippen molar-refractivity contribution >= 4 is 5.91 Å².